The van der Waals surface area contributed by atoms with E-state index in [-0.39, 0.29) is 0 Å². The molecule has 0 aliphatic heterocycles. The van der Waals surface area contributed by atoms with Gasteiger partial charge < -0.3 is 14.5 Å². The molecule has 5 rings (SSSR count). The molecular formula is C25H20N2O2. The van der Waals surface area contributed by atoms with Crippen molar-refractivity contribution in [2.45, 2.75) is 13.2 Å². The number of fused-ring (bicyclic) bond motifs is 2. The summed E-state index contributed by atoms with van der Waals surface area (Å²) in [5.74, 6) is 1.47. The van der Waals surface area contributed by atoms with Crippen LogP contribution in [0.25, 0.3) is 21.8 Å². The molecule has 0 spiro atoms. The number of hydrogen-bond acceptors (Lipinski definition) is 3. The van der Waals surface area contributed by atoms with Crippen molar-refractivity contribution in [2.24, 2.45) is 0 Å². The number of pyridine rings is 1. The molecule has 0 saturated carbocycles. The lowest BCUT2D eigenvalue weighted by Gasteiger charge is -2.15. The molecule has 0 fully saturated rings. The minimum Gasteiger partial charge on any atom is -0.485 e. The molecule has 29 heavy (non-hydrogen) atoms. The number of H-pyrrole nitrogens is 1. The molecule has 4 heteroatoms. The summed E-state index contributed by atoms with van der Waals surface area (Å²) in [7, 11) is 0. The summed E-state index contributed by atoms with van der Waals surface area (Å²) in [4.78, 5) is 7.77. The average Bonchev–Trinajstić information content (AvgIpc) is 3.26. The minimum absolute atomic E-state index is 0.417. The Balaban J connectivity index is 1.45. The molecule has 5 aromatic rings. The monoisotopic (exact) mass is 380 g/mol. The van der Waals surface area contributed by atoms with Crippen molar-refractivity contribution in [1.29, 1.82) is 0 Å². The normalized spacial score (nSPS) is 11.0. The van der Waals surface area contributed by atoms with E-state index in [1.807, 2.05) is 60.9 Å². The number of ether oxygens (including phenoxy) is 2. The fourth-order valence-corrected chi connectivity index (χ4v) is 3.52. The lowest BCUT2D eigenvalue weighted by Crippen LogP contribution is -2.02. The van der Waals surface area contributed by atoms with Crippen LogP contribution in [0.5, 0.6) is 11.5 Å². The highest BCUT2D eigenvalue weighted by molar-refractivity contribution is 5.88. The van der Waals surface area contributed by atoms with E-state index in [4.69, 9.17) is 9.47 Å². The number of rotatable bonds is 6. The molecule has 2 heterocycles. The molecular weight excluding hydrogens is 360 g/mol. The maximum atomic E-state index is 6.31. The molecule has 0 atom stereocenters. The lowest BCUT2D eigenvalue weighted by molar-refractivity contribution is 0.259. The Morgan fingerprint density at radius 3 is 2.59 bits per heavy atom. The second-order valence-corrected chi connectivity index (χ2v) is 6.89. The van der Waals surface area contributed by atoms with Gasteiger partial charge in [-0.05, 0) is 29.8 Å². The van der Waals surface area contributed by atoms with Crippen LogP contribution in [-0.4, -0.2) is 9.97 Å². The Morgan fingerprint density at radius 1 is 0.759 bits per heavy atom. The molecule has 1 N–H and O–H groups in total. The van der Waals surface area contributed by atoms with Crippen LogP contribution in [0.3, 0.4) is 0 Å². The van der Waals surface area contributed by atoms with Crippen molar-refractivity contribution < 1.29 is 9.47 Å². The Morgan fingerprint density at radius 2 is 1.66 bits per heavy atom. The van der Waals surface area contributed by atoms with Crippen LogP contribution < -0.4 is 9.47 Å². The molecule has 0 amide bonds. The summed E-state index contributed by atoms with van der Waals surface area (Å²) in [6.45, 7) is 0.906. The number of aromatic amines is 1. The van der Waals surface area contributed by atoms with Gasteiger partial charge in [-0.1, -0.05) is 54.6 Å². The van der Waals surface area contributed by atoms with E-state index >= 15 is 0 Å². The second-order valence-electron chi connectivity index (χ2n) is 6.89. The summed E-state index contributed by atoms with van der Waals surface area (Å²) in [6.07, 6.45) is 3.73. The van der Waals surface area contributed by atoms with Crippen molar-refractivity contribution in [2.75, 3.05) is 0 Å². The first-order valence-electron chi connectivity index (χ1n) is 9.61. The van der Waals surface area contributed by atoms with Gasteiger partial charge in [-0.3, -0.25) is 4.98 Å². The number of aromatic nitrogens is 2. The van der Waals surface area contributed by atoms with Gasteiger partial charge in [0, 0.05) is 34.2 Å². The molecule has 3 aromatic carbocycles. The van der Waals surface area contributed by atoms with Gasteiger partial charge in [0.25, 0.3) is 0 Å². The van der Waals surface area contributed by atoms with Crippen molar-refractivity contribution in [3.05, 3.63) is 102 Å². The van der Waals surface area contributed by atoms with E-state index in [1.165, 1.54) is 0 Å². The van der Waals surface area contributed by atoms with E-state index < -0.39 is 0 Å². The topological polar surface area (TPSA) is 47.1 Å². The zero-order valence-electron chi connectivity index (χ0n) is 15.8. The van der Waals surface area contributed by atoms with Gasteiger partial charge in [-0.25, -0.2) is 0 Å². The van der Waals surface area contributed by atoms with Crippen LogP contribution in [0.1, 0.15) is 11.1 Å². The third kappa shape index (κ3) is 3.52. The fourth-order valence-electron chi connectivity index (χ4n) is 3.52. The predicted molar refractivity (Wildman–Crippen MR) is 115 cm³/mol. The summed E-state index contributed by atoms with van der Waals surface area (Å²) < 4.78 is 12.4. The summed E-state index contributed by atoms with van der Waals surface area (Å²) in [5.41, 5.74) is 4.14. The van der Waals surface area contributed by atoms with Crippen LogP contribution in [0, 0.1) is 0 Å². The van der Waals surface area contributed by atoms with Crippen LogP contribution in [0.15, 0.2) is 91.3 Å². The first-order valence-corrected chi connectivity index (χ1v) is 9.61. The lowest BCUT2D eigenvalue weighted by atomic mass is 10.1. The number of nitrogens with one attached hydrogen (secondary N) is 1. The largest absolute Gasteiger partial charge is 0.485 e. The smallest absolute Gasteiger partial charge is 0.171 e. The first kappa shape index (κ1) is 17.3. The molecule has 0 radical (unpaired) electrons. The van der Waals surface area contributed by atoms with E-state index in [2.05, 4.69) is 40.3 Å². The third-order valence-corrected chi connectivity index (χ3v) is 4.97. The average molecular weight is 380 g/mol. The van der Waals surface area contributed by atoms with Crippen molar-refractivity contribution in [3.8, 4) is 11.5 Å². The van der Waals surface area contributed by atoms with E-state index in [9.17, 15) is 0 Å². The van der Waals surface area contributed by atoms with Gasteiger partial charge in [-0.15, -0.1) is 0 Å². The second kappa shape index (κ2) is 7.68. The zero-order valence-corrected chi connectivity index (χ0v) is 15.8. The fraction of sp³-hybridized carbons (Fsp3) is 0.0800. The molecule has 4 nitrogen and oxygen atoms in total. The number of hydrogen-bond donors (Lipinski definition) is 1. The standard InChI is InChI=1S/C25H20N2O2/c1-2-6-18(7-3-1)16-28-23-12-11-22-21(13-15-26-22)25(23)29-17-20-9-4-8-19-10-5-14-27-24(19)20/h1-15,26H,16-17H2. The Kier molecular flexibility index (Phi) is 4.59. The highest BCUT2D eigenvalue weighted by Gasteiger charge is 2.13. The van der Waals surface area contributed by atoms with Gasteiger partial charge in [0.05, 0.1) is 5.52 Å². The van der Waals surface area contributed by atoms with Crippen LogP contribution in [0.4, 0.5) is 0 Å². The van der Waals surface area contributed by atoms with Gasteiger partial charge in [0.1, 0.15) is 13.2 Å². The Bertz CT molecular complexity index is 1260. The summed E-state index contributed by atoms with van der Waals surface area (Å²) >= 11 is 0. The molecule has 142 valence electrons. The molecule has 0 bridgehead atoms. The highest BCUT2D eigenvalue weighted by atomic mass is 16.5. The summed E-state index contributed by atoms with van der Waals surface area (Å²) in [5, 5.41) is 2.11. The maximum Gasteiger partial charge on any atom is 0.171 e. The zero-order chi connectivity index (χ0) is 19.5. The van der Waals surface area contributed by atoms with Crippen LogP contribution >= 0.6 is 0 Å². The minimum atomic E-state index is 0.417. The van der Waals surface area contributed by atoms with Crippen molar-refractivity contribution >= 4 is 21.8 Å². The molecule has 0 saturated heterocycles. The molecule has 0 unspecified atom stereocenters. The number of benzene rings is 3. The first-order chi connectivity index (χ1) is 14.4. The summed E-state index contributed by atoms with van der Waals surface area (Å²) in [6, 6.07) is 26.3. The molecule has 0 aliphatic carbocycles. The van der Waals surface area contributed by atoms with E-state index in [0.717, 1.165) is 44.4 Å². The van der Waals surface area contributed by atoms with Gasteiger partial charge in [-0.2, -0.15) is 0 Å². The van der Waals surface area contributed by atoms with Gasteiger partial charge in [0.2, 0.25) is 0 Å². The quantitative estimate of drug-likeness (QED) is 0.400. The van der Waals surface area contributed by atoms with E-state index in [0.29, 0.717) is 13.2 Å². The predicted octanol–water partition coefficient (Wildman–Crippen LogP) is 5.87. The Labute approximate surface area is 168 Å². The maximum absolute atomic E-state index is 6.31. The molecule has 0 aliphatic rings. The Hall–Kier alpha value is -3.79. The highest BCUT2D eigenvalue weighted by Crippen LogP contribution is 2.36. The van der Waals surface area contributed by atoms with Crippen molar-refractivity contribution in [3.63, 3.8) is 0 Å². The SMILES string of the molecule is c1ccc(COc2ccc3[nH]ccc3c2OCc2cccc3cccnc23)cc1. The van der Waals surface area contributed by atoms with Crippen molar-refractivity contribution in [1.82, 2.24) is 9.97 Å². The van der Waals surface area contributed by atoms with Gasteiger partial charge >= 0.3 is 0 Å². The molecule has 2 aromatic heterocycles. The van der Waals surface area contributed by atoms with Crippen LogP contribution in [-0.2, 0) is 13.2 Å². The van der Waals surface area contributed by atoms with E-state index in [1.54, 1.807) is 0 Å². The van der Waals surface area contributed by atoms with Gasteiger partial charge in [0.15, 0.2) is 11.5 Å². The number of nitrogens with zero attached hydrogens (tertiary/aromatic N) is 1. The van der Waals surface area contributed by atoms with Crippen LogP contribution in [0.2, 0.25) is 0 Å². The number of para-hydroxylation sites is 1. The third-order valence-electron chi connectivity index (χ3n) is 4.97.